The predicted molar refractivity (Wildman–Crippen MR) is 85.9 cm³/mol. The van der Waals surface area contributed by atoms with Crippen molar-refractivity contribution in [1.82, 2.24) is 20.2 Å². The van der Waals surface area contributed by atoms with Gasteiger partial charge < -0.3 is 15.2 Å². The molecule has 5 nitrogen and oxygen atoms in total. The van der Waals surface area contributed by atoms with Crippen LogP contribution in [0.25, 0.3) is 11.0 Å². The lowest BCUT2D eigenvalue weighted by atomic mass is 10.3. The second-order valence-electron chi connectivity index (χ2n) is 5.01. The van der Waals surface area contributed by atoms with E-state index in [9.17, 15) is 0 Å². The molecule has 0 atom stereocenters. The topological polar surface area (TPSA) is 47.2 Å². The second-order valence-corrected chi connectivity index (χ2v) is 5.01. The van der Waals surface area contributed by atoms with Gasteiger partial charge in [0.1, 0.15) is 0 Å². The number of hydrogen-bond acceptors (Lipinski definition) is 4. The predicted octanol–water partition coefficient (Wildman–Crippen LogP) is 1.33. The lowest BCUT2D eigenvalue weighted by molar-refractivity contribution is 0.259. The fourth-order valence-electron chi connectivity index (χ4n) is 2.54. The van der Waals surface area contributed by atoms with Gasteiger partial charge in [-0.15, -0.1) is 12.4 Å². The Labute approximate surface area is 125 Å². The molecule has 1 aliphatic heterocycles. The lowest BCUT2D eigenvalue weighted by Gasteiger charge is -2.34. The molecule has 0 radical (unpaired) electrons. The average molecular weight is 296 g/mol. The Bertz CT molecular complexity index is 500. The molecule has 1 aliphatic rings. The second kappa shape index (κ2) is 6.92. The molecule has 110 valence electrons. The number of likely N-dealkylation sites (N-methyl/N-ethyl adjacent to an activating group) is 1. The van der Waals surface area contributed by atoms with E-state index in [4.69, 9.17) is 0 Å². The van der Waals surface area contributed by atoms with Gasteiger partial charge in [0.25, 0.3) is 0 Å². The molecule has 1 saturated heterocycles. The van der Waals surface area contributed by atoms with Crippen LogP contribution in [0.3, 0.4) is 0 Å². The summed E-state index contributed by atoms with van der Waals surface area (Å²) in [7, 11) is 2.00. The molecule has 0 spiro atoms. The highest BCUT2D eigenvalue weighted by Gasteiger charge is 2.18. The van der Waals surface area contributed by atoms with Gasteiger partial charge in [0.15, 0.2) is 0 Å². The van der Waals surface area contributed by atoms with Crippen molar-refractivity contribution >= 4 is 29.4 Å². The maximum Gasteiger partial charge on any atom is 0.203 e. The molecule has 20 heavy (non-hydrogen) atoms. The van der Waals surface area contributed by atoms with Crippen LogP contribution in [0, 0.1) is 0 Å². The van der Waals surface area contributed by atoms with Gasteiger partial charge in [-0.3, -0.25) is 4.90 Å². The van der Waals surface area contributed by atoms with E-state index in [2.05, 4.69) is 37.2 Å². The van der Waals surface area contributed by atoms with E-state index in [1.165, 1.54) is 0 Å². The summed E-state index contributed by atoms with van der Waals surface area (Å²) in [5, 5.41) is 3.20. The third kappa shape index (κ3) is 3.23. The zero-order chi connectivity index (χ0) is 13.1. The summed E-state index contributed by atoms with van der Waals surface area (Å²) < 4.78 is 0. The van der Waals surface area contributed by atoms with E-state index < -0.39 is 0 Å². The Morgan fingerprint density at radius 1 is 1.20 bits per heavy atom. The smallest absolute Gasteiger partial charge is 0.203 e. The van der Waals surface area contributed by atoms with Crippen LogP contribution in [0.5, 0.6) is 0 Å². The third-order valence-corrected chi connectivity index (χ3v) is 3.73. The maximum absolute atomic E-state index is 4.66. The number of fused-ring (bicyclic) bond motifs is 1. The van der Waals surface area contributed by atoms with Crippen LogP contribution < -0.4 is 10.2 Å². The monoisotopic (exact) mass is 295 g/mol. The van der Waals surface area contributed by atoms with Gasteiger partial charge in [0.05, 0.1) is 11.0 Å². The molecular weight excluding hydrogens is 274 g/mol. The van der Waals surface area contributed by atoms with Crippen molar-refractivity contribution in [2.75, 3.05) is 51.2 Å². The van der Waals surface area contributed by atoms with Crippen LogP contribution >= 0.6 is 12.4 Å². The minimum atomic E-state index is 0. The van der Waals surface area contributed by atoms with Crippen molar-refractivity contribution in [3.63, 3.8) is 0 Å². The molecular formula is C14H22ClN5. The standard InChI is InChI=1S/C14H21N5.ClH/c1-15-6-7-18-8-10-19(11-9-18)14-16-12-4-2-3-5-13(12)17-14;/h2-5,15H,6-11H2,1H3,(H,16,17);1H. The summed E-state index contributed by atoms with van der Waals surface area (Å²) in [5.41, 5.74) is 2.17. The minimum Gasteiger partial charge on any atom is -0.340 e. The summed E-state index contributed by atoms with van der Waals surface area (Å²) >= 11 is 0. The number of para-hydroxylation sites is 2. The quantitative estimate of drug-likeness (QED) is 0.893. The summed E-state index contributed by atoms with van der Waals surface area (Å²) in [6.07, 6.45) is 0. The zero-order valence-corrected chi connectivity index (χ0v) is 12.6. The van der Waals surface area contributed by atoms with E-state index in [0.29, 0.717) is 0 Å². The number of aromatic nitrogens is 2. The minimum absolute atomic E-state index is 0. The van der Waals surface area contributed by atoms with Gasteiger partial charge in [0.2, 0.25) is 5.95 Å². The fourth-order valence-corrected chi connectivity index (χ4v) is 2.54. The van der Waals surface area contributed by atoms with Gasteiger partial charge in [-0.1, -0.05) is 12.1 Å². The lowest BCUT2D eigenvalue weighted by Crippen LogP contribution is -2.48. The first-order valence-corrected chi connectivity index (χ1v) is 6.93. The van der Waals surface area contributed by atoms with Crippen LogP contribution in [0.4, 0.5) is 5.95 Å². The first-order chi connectivity index (χ1) is 9.36. The molecule has 1 aromatic carbocycles. The van der Waals surface area contributed by atoms with Crippen molar-refractivity contribution in [3.05, 3.63) is 24.3 Å². The number of anilines is 1. The molecule has 0 unspecified atom stereocenters. The summed E-state index contributed by atoms with van der Waals surface area (Å²) in [4.78, 5) is 12.9. The Morgan fingerprint density at radius 3 is 2.65 bits per heavy atom. The van der Waals surface area contributed by atoms with Crippen molar-refractivity contribution in [3.8, 4) is 0 Å². The van der Waals surface area contributed by atoms with E-state index >= 15 is 0 Å². The number of rotatable bonds is 4. The van der Waals surface area contributed by atoms with E-state index in [1.807, 2.05) is 19.2 Å². The highest BCUT2D eigenvalue weighted by molar-refractivity contribution is 5.85. The maximum atomic E-state index is 4.66. The van der Waals surface area contributed by atoms with E-state index in [1.54, 1.807) is 0 Å². The number of imidazole rings is 1. The molecule has 2 N–H and O–H groups in total. The van der Waals surface area contributed by atoms with Crippen LogP contribution in [0.15, 0.2) is 24.3 Å². The van der Waals surface area contributed by atoms with E-state index in [0.717, 1.165) is 56.3 Å². The molecule has 0 bridgehead atoms. The highest BCUT2D eigenvalue weighted by atomic mass is 35.5. The highest BCUT2D eigenvalue weighted by Crippen LogP contribution is 2.18. The van der Waals surface area contributed by atoms with Gasteiger partial charge in [0, 0.05) is 39.3 Å². The first-order valence-electron chi connectivity index (χ1n) is 6.93. The number of hydrogen-bond donors (Lipinski definition) is 2. The molecule has 0 amide bonds. The van der Waals surface area contributed by atoms with Gasteiger partial charge in [-0.2, -0.15) is 0 Å². The summed E-state index contributed by atoms with van der Waals surface area (Å²) in [6.45, 7) is 6.50. The van der Waals surface area contributed by atoms with E-state index in [-0.39, 0.29) is 12.4 Å². The number of aromatic amines is 1. The third-order valence-electron chi connectivity index (χ3n) is 3.73. The molecule has 0 aliphatic carbocycles. The zero-order valence-electron chi connectivity index (χ0n) is 11.8. The first kappa shape index (κ1) is 15.1. The number of benzene rings is 1. The summed E-state index contributed by atoms with van der Waals surface area (Å²) in [5.74, 6) is 1.01. The summed E-state index contributed by atoms with van der Waals surface area (Å²) in [6, 6.07) is 8.20. The van der Waals surface area contributed by atoms with Crippen molar-refractivity contribution < 1.29 is 0 Å². The number of piperazine rings is 1. The van der Waals surface area contributed by atoms with Crippen LogP contribution in [0.1, 0.15) is 0 Å². The van der Waals surface area contributed by atoms with Crippen molar-refractivity contribution in [2.24, 2.45) is 0 Å². The number of nitrogens with one attached hydrogen (secondary N) is 2. The molecule has 1 aromatic heterocycles. The Balaban J connectivity index is 0.00000147. The van der Waals surface area contributed by atoms with Gasteiger partial charge >= 0.3 is 0 Å². The Hall–Kier alpha value is -1.30. The molecule has 6 heteroatoms. The van der Waals surface area contributed by atoms with Gasteiger partial charge in [-0.05, 0) is 19.2 Å². The number of H-pyrrole nitrogens is 1. The molecule has 2 heterocycles. The number of halogens is 1. The normalized spacial score (nSPS) is 16.4. The SMILES string of the molecule is CNCCN1CCN(c2nc3ccccc3[nH]2)CC1.Cl. The molecule has 3 rings (SSSR count). The van der Waals surface area contributed by atoms with Crippen LogP contribution in [-0.4, -0.2) is 61.2 Å². The van der Waals surface area contributed by atoms with Crippen molar-refractivity contribution in [1.29, 1.82) is 0 Å². The molecule has 1 fully saturated rings. The van der Waals surface area contributed by atoms with Crippen molar-refractivity contribution in [2.45, 2.75) is 0 Å². The molecule has 2 aromatic rings. The fraction of sp³-hybridized carbons (Fsp3) is 0.500. The molecule has 0 saturated carbocycles. The van der Waals surface area contributed by atoms with Crippen LogP contribution in [-0.2, 0) is 0 Å². The van der Waals surface area contributed by atoms with Gasteiger partial charge in [-0.25, -0.2) is 4.98 Å². The average Bonchev–Trinajstić information content (AvgIpc) is 2.89. The number of nitrogens with zero attached hydrogens (tertiary/aromatic N) is 3. The van der Waals surface area contributed by atoms with Crippen LogP contribution in [0.2, 0.25) is 0 Å². The Kier molecular flexibility index (Phi) is 5.23. The largest absolute Gasteiger partial charge is 0.340 e. The Morgan fingerprint density at radius 2 is 1.95 bits per heavy atom.